The highest BCUT2D eigenvalue weighted by molar-refractivity contribution is 7.98. The van der Waals surface area contributed by atoms with E-state index >= 15 is 0 Å². The highest BCUT2D eigenvalue weighted by Crippen LogP contribution is 2.05. The van der Waals surface area contributed by atoms with Gasteiger partial charge in [0.1, 0.15) is 6.79 Å². The predicted molar refractivity (Wildman–Crippen MR) is 70.0 cm³/mol. The van der Waals surface area contributed by atoms with Crippen molar-refractivity contribution in [2.75, 3.05) is 38.5 Å². The number of nitrogens with one attached hydrogen (secondary N) is 1. The Hall–Kier alpha value is 0.230. The average molecular weight is 247 g/mol. The number of hydrogen-bond donors (Lipinski definition) is 1. The molecule has 0 aromatic carbocycles. The summed E-state index contributed by atoms with van der Waals surface area (Å²) in [5, 5.41) is 3.46. The van der Waals surface area contributed by atoms with Crippen LogP contribution in [0.3, 0.4) is 0 Å². The van der Waals surface area contributed by atoms with Crippen LogP contribution in [0.15, 0.2) is 0 Å². The molecule has 1 aliphatic rings. The minimum absolute atomic E-state index is 0.366. The lowest BCUT2D eigenvalue weighted by Crippen LogP contribution is -2.34. The molecule has 1 saturated heterocycles. The third-order valence-electron chi connectivity index (χ3n) is 2.80. The van der Waals surface area contributed by atoms with E-state index < -0.39 is 0 Å². The van der Waals surface area contributed by atoms with Gasteiger partial charge in [0.25, 0.3) is 0 Å². The Morgan fingerprint density at radius 2 is 2.12 bits per heavy atom. The van der Waals surface area contributed by atoms with Gasteiger partial charge in [0.2, 0.25) is 0 Å². The number of hydrogen-bond acceptors (Lipinski definition) is 4. The van der Waals surface area contributed by atoms with Crippen LogP contribution in [-0.4, -0.2) is 44.6 Å². The van der Waals surface area contributed by atoms with Crippen LogP contribution < -0.4 is 5.32 Å². The third kappa shape index (κ3) is 7.49. The second-order valence-corrected chi connectivity index (χ2v) is 5.20. The van der Waals surface area contributed by atoms with Crippen molar-refractivity contribution in [1.29, 1.82) is 0 Å². The number of rotatable bonds is 9. The van der Waals surface area contributed by atoms with E-state index in [0.717, 1.165) is 26.1 Å². The topological polar surface area (TPSA) is 30.5 Å². The highest BCUT2D eigenvalue weighted by Gasteiger charge is 2.12. The molecule has 0 radical (unpaired) electrons. The molecule has 0 aromatic heterocycles. The standard InChI is InChI=1S/C12H25NO2S/c1-16-9-5-3-2-4-7-13-10-12-6-8-14-11-15-12/h12-13H,2-11H2,1H3. The molecule has 1 N–H and O–H groups in total. The molecule has 1 rings (SSSR count). The summed E-state index contributed by atoms with van der Waals surface area (Å²) >= 11 is 1.94. The molecule has 3 nitrogen and oxygen atoms in total. The van der Waals surface area contributed by atoms with E-state index in [2.05, 4.69) is 11.6 Å². The third-order valence-corrected chi connectivity index (χ3v) is 3.49. The van der Waals surface area contributed by atoms with Gasteiger partial charge in [-0.25, -0.2) is 0 Å². The van der Waals surface area contributed by atoms with Crippen molar-refractivity contribution in [2.45, 2.75) is 38.2 Å². The van der Waals surface area contributed by atoms with Crippen LogP contribution in [0.25, 0.3) is 0 Å². The lowest BCUT2D eigenvalue weighted by molar-refractivity contribution is -0.137. The minimum atomic E-state index is 0.366. The fourth-order valence-electron chi connectivity index (χ4n) is 1.78. The smallest absolute Gasteiger partial charge is 0.147 e. The molecule has 0 bridgehead atoms. The van der Waals surface area contributed by atoms with E-state index in [4.69, 9.17) is 9.47 Å². The molecule has 1 heterocycles. The molecule has 1 unspecified atom stereocenters. The highest BCUT2D eigenvalue weighted by atomic mass is 32.2. The van der Waals surface area contributed by atoms with Gasteiger partial charge < -0.3 is 14.8 Å². The van der Waals surface area contributed by atoms with Crippen LogP contribution in [0.4, 0.5) is 0 Å². The second kappa shape index (κ2) is 10.4. The summed E-state index contributed by atoms with van der Waals surface area (Å²) in [6, 6.07) is 0. The van der Waals surface area contributed by atoms with Gasteiger partial charge >= 0.3 is 0 Å². The van der Waals surface area contributed by atoms with Crippen LogP contribution in [0.1, 0.15) is 32.1 Å². The number of ether oxygens (including phenoxy) is 2. The number of unbranched alkanes of at least 4 members (excludes halogenated alkanes) is 3. The van der Waals surface area contributed by atoms with Crippen LogP contribution in [0.2, 0.25) is 0 Å². The molecule has 0 amide bonds. The quantitative estimate of drug-likeness (QED) is 0.633. The average Bonchev–Trinajstić information content (AvgIpc) is 2.34. The summed E-state index contributed by atoms with van der Waals surface area (Å²) in [4.78, 5) is 0. The lowest BCUT2D eigenvalue weighted by Gasteiger charge is -2.22. The zero-order valence-electron chi connectivity index (χ0n) is 10.4. The summed E-state index contributed by atoms with van der Waals surface area (Å²) in [7, 11) is 0. The zero-order valence-corrected chi connectivity index (χ0v) is 11.2. The normalized spacial score (nSPS) is 21.2. The molecular formula is C12H25NO2S. The molecule has 16 heavy (non-hydrogen) atoms. The molecule has 1 fully saturated rings. The van der Waals surface area contributed by atoms with Gasteiger partial charge in [-0.05, 0) is 37.8 Å². The lowest BCUT2D eigenvalue weighted by atomic mass is 10.2. The van der Waals surface area contributed by atoms with Crippen molar-refractivity contribution in [1.82, 2.24) is 5.32 Å². The summed E-state index contributed by atoms with van der Waals surface area (Å²) in [5.41, 5.74) is 0. The maximum absolute atomic E-state index is 5.45. The van der Waals surface area contributed by atoms with Crippen LogP contribution in [0, 0.1) is 0 Å². The van der Waals surface area contributed by atoms with Crippen molar-refractivity contribution in [3.63, 3.8) is 0 Å². The summed E-state index contributed by atoms with van der Waals surface area (Å²) in [5.74, 6) is 1.31. The van der Waals surface area contributed by atoms with Crippen molar-refractivity contribution >= 4 is 11.8 Å². The molecule has 1 atom stereocenters. The summed E-state index contributed by atoms with van der Waals surface area (Å²) < 4.78 is 10.6. The first-order valence-electron chi connectivity index (χ1n) is 6.32. The molecule has 96 valence electrons. The Bertz CT molecular complexity index is 152. The molecule has 4 heteroatoms. The van der Waals surface area contributed by atoms with Crippen molar-refractivity contribution < 1.29 is 9.47 Å². The van der Waals surface area contributed by atoms with Gasteiger partial charge in [0.15, 0.2) is 0 Å². The van der Waals surface area contributed by atoms with Crippen molar-refractivity contribution in [2.24, 2.45) is 0 Å². The van der Waals surface area contributed by atoms with E-state index in [-0.39, 0.29) is 0 Å². The van der Waals surface area contributed by atoms with Gasteiger partial charge in [0.05, 0.1) is 12.7 Å². The van der Waals surface area contributed by atoms with E-state index in [0.29, 0.717) is 12.9 Å². The van der Waals surface area contributed by atoms with Gasteiger partial charge in [-0.1, -0.05) is 12.8 Å². The fourth-order valence-corrected chi connectivity index (χ4v) is 2.27. The Labute approximate surface area is 104 Å². The summed E-state index contributed by atoms with van der Waals surface area (Å²) in [6.07, 6.45) is 8.95. The van der Waals surface area contributed by atoms with Gasteiger partial charge in [-0.2, -0.15) is 11.8 Å². The minimum Gasteiger partial charge on any atom is -0.355 e. The Kier molecular flexibility index (Phi) is 9.28. The molecule has 0 aromatic rings. The zero-order chi connectivity index (χ0) is 11.5. The predicted octanol–water partition coefficient (Wildman–Crippen LogP) is 2.26. The Balaban J connectivity index is 1.77. The molecule has 0 spiro atoms. The summed E-state index contributed by atoms with van der Waals surface area (Å²) in [6.45, 7) is 3.43. The van der Waals surface area contributed by atoms with E-state index in [9.17, 15) is 0 Å². The largest absolute Gasteiger partial charge is 0.355 e. The fraction of sp³-hybridized carbons (Fsp3) is 1.00. The van der Waals surface area contributed by atoms with Gasteiger partial charge in [0, 0.05) is 6.54 Å². The maximum Gasteiger partial charge on any atom is 0.147 e. The van der Waals surface area contributed by atoms with Gasteiger partial charge in [-0.3, -0.25) is 0 Å². The molecule has 0 aliphatic carbocycles. The number of thioether (sulfide) groups is 1. The first-order chi connectivity index (χ1) is 7.93. The van der Waals surface area contributed by atoms with Crippen LogP contribution >= 0.6 is 11.8 Å². The van der Waals surface area contributed by atoms with Gasteiger partial charge in [-0.15, -0.1) is 0 Å². The first-order valence-corrected chi connectivity index (χ1v) is 7.72. The van der Waals surface area contributed by atoms with E-state index in [1.807, 2.05) is 11.8 Å². The van der Waals surface area contributed by atoms with Crippen molar-refractivity contribution in [3.8, 4) is 0 Å². The second-order valence-electron chi connectivity index (χ2n) is 4.21. The monoisotopic (exact) mass is 247 g/mol. The maximum atomic E-state index is 5.45. The molecular weight excluding hydrogens is 222 g/mol. The van der Waals surface area contributed by atoms with Crippen molar-refractivity contribution in [3.05, 3.63) is 0 Å². The SMILES string of the molecule is CSCCCCCCNCC1CCOCO1. The van der Waals surface area contributed by atoms with Crippen LogP contribution in [0.5, 0.6) is 0 Å². The first kappa shape index (κ1) is 14.3. The Morgan fingerprint density at radius 1 is 1.25 bits per heavy atom. The molecule has 0 saturated carbocycles. The van der Waals surface area contributed by atoms with Crippen LogP contribution in [-0.2, 0) is 9.47 Å². The van der Waals surface area contributed by atoms with E-state index in [1.54, 1.807) is 0 Å². The Morgan fingerprint density at radius 3 is 2.88 bits per heavy atom. The van der Waals surface area contributed by atoms with E-state index in [1.165, 1.54) is 31.4 Å². The molecule has 1 aliphatic heterocycles.